The van der Waals surface area contributed by atoms with Gasteiger partial charge in [-0.05, 0) is 13.0 Å². The first-order chi connectivity index (χ1) is 8.69. The first kappa shape index (κ1) is 12.3. The third-order valence-corrected chi connectivity index (χ3v) is 3.19. The molecular weight excluding hydrogens is 246 g/mol. The molecule has 0 unspecified atom stereocenters. The molecule has 2 rings (SSSR count). The molecule has 2 aromatic rings. The predicted octanol–water partition coefficient (Wildman–Crippen LogP) is 1.96. The van der Waals surface area contributed by atoms with Crippen molar-refractivity contribution < 1.29 is 0 Å². The Bertz CT molecular complexity index is 584. The monoisotopic (exact) mass is 259 g/mol. The van der Waals surface area contributed by atoms with Crippen LogP contribution >= 0.6 is 11.3 Å². The summed E-state index contributed by atoms with van der Waals surface area (Å²) >= 11 is 1.64. The van der Waals surface area contributed by atoms with Gasteiger partial charge in [0.05, 0.1) is 28.1 Å². The summed E-state index contributed by atoms with van der Waals surface area (Å²) in [4.78, 5) is 8.48. The van der Waals surface area contributed by atoms with Gasteiger partial charge in [-0.25, -0.2) is 9.97 Å². The number of nitrogen functional groups attached to an aromatic ring is 1. The van der Waals surface area contributed by atoms with E-state index in [9.17, 15) is 0 Å². The molecule has 18 heavy (non-hydrogen) atoms. The van der Waals surface area contributed by atoms with Gasteiger partial charge in [-0.15, -0.1) is 11.3 Å². The molecule has 6 heteroatoms. The number of rotatable bonds is 4. The molecule has 0 saturated heterocycles. The van der Waals surface area contributed by atoms with Gasteiger partial charge in [-0.1, -0.05) is 0 Å². The molecule has 0 atom stereocenters. The highest BCUT2D eigenvalue weighted by Gasteiger charge is 2.04. The van der Waals surface area contributed by atoms with E-state index >= 15 is 0 Å². The SMILES string of the molecule is Cc1nc(CCNc2ncc(N)cc2C#N)cs1. The van der Waals surface area contributed by atoms with Gasteiger partial charge in [0.15, 0.2) is 0 Å². The summed E-state index contributed by atoms with van der Waals surface area (Å²) in [6, 6.07) is 3.68. The second-order valence-corrected chi connectivity index (χ2v) is 4.87. The number of anilines is 2. The van der Waals surface area contributed by atoms with Crippen LogP contribution in [0.15, 0.2) is 17.6 Å². The molecule has 3 N–H and O–H groups in total. The molecule has 0 amide bonds. The van der Waals surface area contributed by atoms with E-state index in [0.717, 1.165) is 17.1 Å². The first-order valence-electron chi connectivity index (χ1n) is 5.49. The topological polar surface area (TPSA) is 87.6 Å². The molecule has 92 valence electrons. The third-order valence-electron chi connectivity index (χ3n) is 2.37. The molecule has 0 spiro atoms. The zero-order valence-corrected chi connectivity index (χ0v) is 10.8. The highest BCUT2D eigenvalue weighted by molar-refractivity contribution is 7.09. The van der Waals surface area contributed by atoms with Crippen molar-refractivity contribution in [3.63, 3.8) is 0 Å². The maximum Gasteiger partial charge on any atom is 0.144 e. The Morgan fingerprint density at radius 2 is 2.39 bits per heavy atom. The number of nitriles is 1. The van der Waals surface area contributed by atoms with E-state index in [0.29, 0.717) is 23.6 Å². The Labute approximate surface area is 109 Å². The van der Waals surface area contributed by atoms with Gasteiger partial charge in [-0.3, -0.25) is 0 Å². The molecule has 0 saturated carbocycles. The molecule has 0 aromatic carbocycles. The smallest absolute Gasteiger partial charge is 0.144 e. The minimum atomic E-state index is 0.462. The number of hydrogen-bond acceptors (Lipinski definition) is 6. The van der Waals surface area contributed by atoms with E-state index < -0.39 is 0 Å². The molecule has 2 aromatic heterocycles. The van der Waals surface area contributed by atoms with Gasteiger partial charge < -0.3 is 11.1 Å². The summed E-state index contributed by atoms with van der Waals surface area (Å²) in [5, 5.41) is 15.2. The Morgan fingerprint density at radius 3 is 3.06 bits per heavy atom. The van der Waals surface area contributed by atoms with Crippen LogP contribution in [-0.2, 0) is 6.42 Å². The number of nitrogens with one attached hydrogen (secondary N) is 1. The van der Waals surface area contributed by atoms with E-state index in [1.165, 1.54) is 6.20 Å². The fraction of sp³-hybridized carbons (Fsp3) is 0.250. The van der Waals surface area contributed by atoms with Crippen molar-refractivity contribution in [2.75, 3.05) is 17.6 Å². The highest BCUT2D eigenvalue weighted by atomic mass is 32.1. The molecule has 0 aliphatic carbocycles. The predicted molar refractivity (Wildman–Crippen MR) is 72.4 cm³/mol. The average Bonchev–Trinajstić information content (AvgIpc) is 2.77. The fourth-order valence-electron chi connectivity index (χ4n) is 1.54. The van der Waals surface area contributed by atoms with Crippen molar-refractivity contribution in [1.29, 1.82) is 5.26 Å². The third kappa shape index (κ3) is 2.96. The largest absolute Gasteiger partial charge is 0.397 e. The molecule has 0 radical (unpaired) electrons. The second-order valence-electron chi connectivity index (χ2n) is 3.81. The quantitative estimate of drug-likeness (QED) is 0.876. The van der Waals surface area contributed by atoms with Crippen molar-refractivity contribution in [2.24, 2.45) is 0 Å². The molecular formula is C12H13N5S. The Morgan fingerprint density at radius 1 is 1.56 bits per heavy atom. The summed E-state index contributed by atoms with van der Waals surface area (Å²) in [5.74, 6) is 0.568. The maximum absolute atomic E-state index is 8.97. The highest BCUT2D eigenvalue weighted by Crippen LogP contribution is 2.14. The van der Waals surface area contributed by atoms with Crippen molar-refractivity contribution in [1.82, 2.24) is 9.97 Å². The van der Waals surface area contributed by atoms with E-state index in [4.69, 9.17) is 11.0 Å². The number of nitrogens with two attached hydrogens (primary N) is 1. The molecule has 0 aliphatic heterocycles. The standard InChI is InChI=1S/C12H13N5S/c1-8-17-11(7-18-8)2-3-15-12-9(5-13)4-10(14)6-16-12/h4,6-7H,2-3,14H2,1H3,(H,15,16). The number of aryl methyl sites for hydroxylation is 1. The summed E-state index contributed by atoms with van der Waals surface area (Å²) in [5.41, 5.74) is 7.59. The van der Waals surface area contributed by atoms with Crippen LogP contribution in [0.25, 0.3) is 0 Å². The van der Waals surface area contributed by atoms with Crippen LogP contribution in [-0.4, -0.2) is 16.5 Å². The van der Waals surface area contributed by atoms with Crippen LogP contribution in [0.5, 0.6) is 0 Å². The van der Waals surface area contributed by atoms with Gasteiger partial charge in [0.25, 0.3) is 0 Å². The number of pyridine rings is 1. The molecule has 0 aliphatic rings. The lowest BCUT2D eigenvalue weighted by Crippen LogP contribution is -2.08. The lowest BCUT2D eigenvalue weighted by molar-refractivity contribution is 0.959. The Hall–Kier alpha value is -2.13. The summed E-state index contributed by atoms with van der Waals surface area (Å²) in [6.07, 6.45) is 2.34. The van der Waals surface area contributed by atoms with Crippen molar-refractivity contribution >= 4 is 22.8 Å². The molecule has 2 heterocycles. The minimum absolute atomic E-state index is 0.462. The molecule has 0 fully saturated rings. The lowest BCUT2D eigenvalue weighted by Gasteiger charge is -2.06. The zero-order valence-electron chi connectivity index (χ0n) is 9.97. The summed E-state index contributed by atoms with van der Waals surface area (Å²) in [6.45, 7) is 2.67. The lowest BCUT2D eigenvalue weighted by atomic mass is 10.2. The van der Waals surface area contributed by atoms with E-state index in [2.05, 4.69) is 21.4 Å². The Kier molecular flexibility index (Phi) is 3.75. The molecule has 0 bridgehead atoms. The van der Waals surface area contributed by atoms with Crippen LogP contribution in [0.1, 0.15) is 16.3 Å². The van der Waals surface area contributed by atoms with Gasteiger partial charge in [0, 0.05) is 18.3 Å². The van der Waals surface area contributed by atoms with Crippen molar-refractivity contribution in [2.45, 2.75) is 13.3 Å². The first-order valence-corrected chi connectivity index (χ1v) is 6.37. The van der Waals surface area contributed by atoms with Gasteiger partial charge >= 0.3 is 0 Å². The maximum atomic E-state index is 8.97. The minimum Gasteiger partial charge on any atom is -0.397 e. The van der Waals surface area contributed by atoms with Crippen LogP contribution < -0.4 is 11.1 Å². The fourth-order valence-corrected chi connectivity index (χ4v) is 2.19. The van der Waals surface area contributed by atoms with Crippen LogP contribution in [0.2, 0.25) is 0 Å². The van der Waals surface area contributed by atoms with Gasteiger partial charge in [0.2, 0.25) is 0 Å². The van der Waals surface area contributed by atoms with Gasteiger partial charge in [0.1, 0.15) is 11.9 Å². The summed E-state index contributed by atoms with van der Waals surface area (Å²) < 4.78 is 0. The van der Waals surface area contributed by atoms with Crippen LogP contribution in [0.4, 0.5) is 11.5 Å². The Balaban J connectivity index is 1.96. The van der Waals surface area contributed by atoms with Crippen molar-refractivity contribution in [3.05, 3.63) is 33.9 Å². The second kappa shape index (κ2) is 5.47. The van der Waals surface area contributed by atoms with Gasteiger partial charge in [-0.2, -0.15) is 5.26 Å². The number of aromatic nitrogens is 2. The average molecular weight is 259 g/mol. The number of nitrogens with zero attached hydrogens (tertiary/aromatic N) is 3. The normalized spacial score (nSPS) is 10.0. The van der Waals surface area contributed by atoms with Crippen LogP contribution in [0, 0.1) is 18.3 Å². The molecule has 5 nitrogen and oxygen atoms in total. The van der Waals surface area contributed by atoms with E-state index in [1.807, 2.05) is 12.3 Å². The van der Waals surface area contributed by atoms with E-state index in [1.54, 1.807) is 17.4 Å². The zero-order chi connectivity index (χ0) is 13.0. The number of thiazole rings is 1. The summed E-state index contributed by atoms with van der Waals surface area (Å²) in [7, 11) is 0. The van der Waals surface area contributed by atoms with E-state index in [-0.39, 0.29) is 0 Å². The number of hydrogen-bond donors (Lipinski definition) is 2. The van der Waals surface area contributed by atoms with Crippen LogP contribution in [0.3, 0.4) is 0 Å². The van der Waals surface area contributed by atoms with Crippen molar-refractivity contribution in [3.8, 4) is 6.07 Å².